The molecule has 0 saturated carbocycles. The van der Waals surface area contributed by atoms with Crippen LogP contribution in [0.3, 0.4) is 0 Å². The van der Waals surface area contributed by atoms with Crippen molar-refractivity contribution in [3.63, 3.8) is 0 Å². The number of hydrogen-bond acceptors (Lipinski definition) is 7. The molecule has 1 atom stereocenters. The smallest absolute Gasteiger partial charge is 0.290 e. The third kappa shape index (κ3) is 3.09. The highest BCUT2D eigenvalue weighted by molar-refractivity contribution is 7.98. The van der Waals surface area contributed by atoms with Crippen LogP contribution < -0.4 is 0 Å². The lowest BCUT2D eigenvalue weighted by Crippen LogP contribution is -2.30. The number of thioether (sulfide) groups is 1. The summed E-state index contributed by atoms with van der Waals surface area (Å²) in [7, 11) is 0. The molecular weight excluding hydrogens is 346 g/mol. The van der Waals surface area contributed by atoms with Crippen LogP contribution in [0, 0.1) is 0 Å². The van der Waals surface area contributed by atoms with Gasteiger partial charge in [0.1, 0.15) is 17.1 Å². The molecule has 0 aliphatic carbocycles. The van der Waals surface area contributed by atoms with Crippen LogP contribution in [0.15, 0.2) is 39.6 Å². The van der Waals surface area contributed by atoms with Crippen LogP contribution in [0.5, 0.6) is 0 Å². The Morgan fingerprint density at radius 1 is 1.46 bits per heavy atom. The maximum absolute atomic E-state index is 12.8. The topological polar surface area (TPSA) is 87.9 Å². The Kier molecular flexibility index (Phi) is 4.35. The van der Waals surface area contributed by atoms with E-state index in [-0.39, 0.29) is 11.9 Å². The van der Waals surface area contributed by atoms with Gasteiger partial charge in [-0.3, -0.25) is 9.89 Å². The molecule has 1 aliphatic heterocycles. The summed E-state index contributed by atoms with van der Waals surface area (Å²) < 4.78 is 5.73. The summed E-state index contributed by atoms with van der Waals surface area (Å²) in [5, 5.41) is 10.2. The first-order valence-electron chi connectivity index (χ1n) is 7.58. The molecule has 0 radical (unpaired) electrons. The number of nitrogens with one attached hydrogen (secondary N) is 1. The van der Waals surface area contributed by atoms with Gasteiger partial charge in [0.25, 0.3) is 5.91 Å². The lowest BCUT2D eigenvalue weighted by atomic mass is 10.2. The summed E-state index contributed by atoms with van der Waals surface area (Å²) in [6, 6.07) is 3.65. The van der Waals surface area contributed by atoms with E-state index in [0.717, 1.165) is 35.3 Å². The predicted octanol–water partition coefficient (Wildman–Crippen LogP) is 3.12. The number of thiazole rings is 1. The largest absolute Gasteiger partial charge is 0.455 e. The zero-order valence-corrected chi connectivity index (χ0v) is 14.3. The minimum atomic E-state index is -0.0661. The Balaban J connectivity index is 1.44. The van der Waals surface area contributed by atoms with Gasteiger partial charge < -0.3 is 9.32 Å². The van der Waals surface area contributed by atoms with Crippen LogP contribution in [0.1, 0.15) is 40.2 Å². The van der Waals surface area contributed by atoms with Crippen molar-refractivity contribution >= 4 is 29.0 Å². The van der Waals surface area contributed by atoms with Crippen molar-refractivity contribution in [3.8, 4) is 0 Å². The molecule has 124 valence electrons. The summed E-state index contributed by atoms with van der Waals surface area (Å²) >= 11 is 3.07. The van der Waals surface area contributed by atoms with Gasteiger partial charge in [0.05, 0.1) is 11.8 Å². The quantitative estimate of drug-likeness (QED) is 0.703. The lowest BCUT2D eigenvalue weighted by Gasteiger charge is -2.21. The number of rotatable bonds is 5. The summed E-state index contributed by atoms with van der Waals surface area (Å²) in [5.41, 5.74) is 0. The normalized spacial score (nSPS) is 17.5. The summed E-state index contributed by atoms with van der Waals surface area (Å²) in [6.07, 6.45) is 5.19. The first-order valence-corrected chi connectivity index (χ1v) is 9.45. The number of hydrogen-bond donors (Lipinski definition) is 1. The standard InChI is InChI=1S/C15H15N5O2S2/c21-14(20-6-1-2-11(20)13-16-5-7-23-13)12-4-3-10(22-12)8-24-15-17-9-18-19-15/h3-5,7,9,11H,1-2,6,8H2,(H,17,18,19)/t11-/m1/s1. The Bertz CT molecular complexity index is 800. The fourth-order valence-electron chi connectivity index (χ4n) is 2.78. The van der Waals surface area contributed by atoms with Gasteiger partial charge in [-0.15, -0.1) is 11.3 Å². The molecule has 24 heavy (non-hydrogen) atoms. The molecule has 3 aromatic rings. The fraction of sp³-hybridized carbons (Fsp3) is 0.333. The predicted molar refractivity (Wildman–Crippen MR) is 89.8 cm³/mol. The van der Waals surface area contributed by atoms with Gasteiger partial charge in [0.2, 0.25) is 0 Å². The van der Waals surface area contributed by atoms with E-state index in [2.05, 4.69) is 20.2 Å². The number of furan rings is 1. The fourth-order valence-corrected chi connectivity index (χ4v) is 4.24. The number of aromatic amines is 1. The first kappa shape index (κ1) is 15.4. The molecule has 0 spiro atoms. The van der Waals surface area contributed by atoms with Crippen molar-refractivity contribution in [1.29, 1.82) is 0 Å². The van der Waals surface area contributed by atoms with Gasteiger partial charge >= 0.3 is 0 Å². The number of carbonyl (C=O) groups excluding carboxylic acids is 1. The third-order valence-corrected chi connectivity index (χ3v) is 5.64. The second-order valence-corrected chi connectivity index (χ2v) is 7.26. The molecular formula is C15H15N5O2S2. The zero-order valence-electron chi connectivity index (χ0n) is 12.7. The summed E-state index contributed by atoms with van der Waals surface area (Å²) in [6.45, 7) is 0.742. The van der Waals surface area contributed by atoms with Crippen LogP contribution in [0.4, 0.5) is 0 Å². The molecule has 1 fully saturated rings. The van der Waals surface area contributed by atoms with Crippen molar-refractivity contribution in [1.82, 2.24) is 25.1 Å². The van der Waals surface area contributed by atoms with E-state index in [1.54, 1.807) is 23.6 Å². The molecule has 1 amide bonds. The Hall–Kier alpha value is -2.13. The van der Waals surface area contributed by atoms with Crippen LogP contribution in [-0.2, 0) is 5.75 Å². The molecule has 7 nitrogen and oxygen atoms in total. The van der Waals surface area contributed by atoms with E-state index in [4.69, 9.17) is 4.42 Å². The van der Waals surface area contributed by atoms with Crippen molar-refractivity contribution in [3.05, 3.63) is 46.6 Å². The van der Waals surface area contributed by atoms with Gasteiger partial charge in [-0.2, -0.15) is 5.10 Å². The number of likely N-dealkylation sites (tertiary alicyclic amines) is 1. The second kappa shape index (κ2) is 6.78. The summed E-state index contributed by atoms with van der Waals surface area (Å²) in [5.74, 6) is 1.65. The number of aromatic nitrogens is 4. The zero-order chi connectivity index (χ0) is 16.4. The highest BCUT2D eigenvalue weighted by atomic mass is 32.2. The summed E-state index contributed by atoms with van der Waals surface area (Å²) in [4.78, 5) is 23.0. The molecule has 4 rings (SSSR count). The minimum absolute atomic E-state index is 0.0645. The average Bonchev–Trinajstić information content (AvgIpc) is 3.41. The Morgan fingerprint density at radius 3 is 3.21 bits per heavy atom. The molecule has 1 saturated heterocycles. The minimum Gasteiger partial charge on any atom is -0.455 e. The van der Waals surface area contributed by atoms with E-state index < -0.39 is 0 Å². The molecule has 1 N–H and O–H groups in total. The molecule has 3 aromatic heterocycles. The van der Waals surface area contributed by atoms with Gasteiger partial charge in [0, 0.05) is 18.1 Å². The highest BCUT2D eigenvalue weighted by Crippen LogP contribution is 2.34. The average molecular weight is 361 g/mol. The lowest BCUT2D eigenvalue weighted by molar-refractivity contribution is 0.0701. The maximum Gasteiger partial charge on any atom is 0.290 e. The number of H-pyrrole nitrogens is 1. The van der Waals surface area contributed by atoms with E-state index in [1.165, 1.54) is 18.1 Å². The highest BCUT2D eigenvalue weighted by Gasteiger charge is 2.33. The van der Waals surface area contributed by atoms with Crippen molar-refractivity contribution in [2.75, 3.05) is 6.54 Å². The van der Waals surface area contributed by atoms with Gasteiger partial charge in [-0.05, 0) is 25.0 Å². The van der Waals surface area contributed by atoms with Crippen molar-refractivity contribution in [2.24, 2.45) is 0 Å². The van der Waals surface area contributed by atoms with E-state index >= 15 is 0 Å². The van der Waals surface area contributed by atoms with Crippen molar-refractivity contribution < 1.29 is 9.21 Å². The van der Waals surface area contributed by atoms with E-state index in [1.807, 2.05) is 16.3 Å². The Labute approximate surface area is 146 Å². The SMILES string of the molecule is O=C(c1ccc(CSc2ncn[nH]2)o1)N1CCC[C@@H]1c1nccs1. The molecule has 1 aliphatic rings. The van der Waals surface area contributed by atoms with Crippen LogP contribution in [-0.4, -0.2) is 37.5 Å². The van der Waals surface area contributed by atoms with Crippen LogP contribution in [0.25, 0.3) is 0 Å². The monoisotopic (exact) mass is 361 g/mol. The van der Waals surface area contributed by atoms with Crippen LogP contribution >= 0.6 is 23.1 Å². The van der Waals surface area contributed by atoms with Gasteiger partial charge in [-0.1, -0.05) is 11.8 Å². The molecule has 0 unspecified atom stereocenters. The second-order valence-electron chi connectivity index (χ2n) is 5.37. The van der Waals surface area contributed by atoms with E-state index in [0.29, 0.717) is 11.5 Å². The molecule has 4 heterocycles. The number of amides is 1. The molecule has 9 heteroatoms. The number of nitrogens with zero attached hydrogens (tertiary/aromatic N) is 4. The van der Waals surface area contributed by atoms with Crippen molar-refractivity contribution in [2.45, 2.75) is 29.8 Å². The first-order chi connectivity index (χ1) is 11.8. The third-order valence-electron chi connectivity index (χ3n) is 3.87. The Morgan fingerprint density at radius 2 is 2.42 bits per heavy atom. The van der Waals surface area contributed by atoms with Gasteiger partial charge in [-0.25, -0.2) is 9.97 Å². The van der Waals surface area contributed by atoms with E-state index in [9.17, 15) is 4.79 Å². The number of carbonyl (C=O) groups is 1. The van der Waals surface area contributed by atoms with Gasteiger partial charge in [0.15, 0.2) is 10.9 Å². The molecule has 0 bridgehead atoms. The van der Waals surface area contributed by atoms with Crippen LogP contribution in [0.2, 0.25) is 0 Å². The maximum atomic E-state index is 12.8. The molecule has 0 aromatic carbocycles.